The van der Waals surface area contributed by atoms with E-state index in [4.69, 9.17) is 16.3 Å². The maximum atomic E-state index is 15.5. The number of rotatable bonds is 12. The summed E-state index contributed by atoms with van der Waals surface area (Å²) in [5, 5.41) is 7.90. The number of nitrogens with one attached hydrogen (secondary N) is 3. The van der Waals surface area contributed by atoms with Crippen LogP contribution in [0, 0.1) is 17.8 Å². The Morgan fingerprint density at radius 2 is 1.23 bits per heavy atom. The Balaban J connectivity index is 1.44. The third kappa shape index (κ3) is 20.4. The summed E-state index contributed by atoms with van der Waals surface area (Å²) in [6.45, 7) is 8.37. The van der Waals surface area contributed by atoms with E-state index < -0.39 is 179 Å². The fourth-order valence-corrected chi connectivity index (χ4v) is 14.2. The summed E-state index contributed by atoms with van der Waals surface area (Å²) in [5.74, 6) is -9.04. The number of benzene rings is 2. The number of likely N-dealkylation sites (N-methyl/N-ethyl adjacent to an activating group) is 7. The summed E-state index contributed by atoms with van der Waals surface area (Å²) in [4.78, 5) is 172. The molecule has 0 bridgehead atoms. The van der Waals surface area contributed by atoms with E-state index >= 15 is 19.2 Å². The molecule has 2 heterocycles. The van der Waals surface area contributed by atoms with Gasteiger partial charge in [0, 0.05) is 87.8 Å². The zero-order chi connectivity index (χ0) is 74.6. The lowest BCUT2D eigenvalue weighted by Gasteiger charge is -2.41. The quantitative estimate of drug-likeness (QED) is 0.197. The Morgan fingerprint density at radius 3 is 1.80 bits per heavy atom. The predicted molar refractivity (Wildman–Crippen MR) is 359 cm³/mol. The molecule has 0 radical (unpaired) electrons. The van der Waals surface area contributed by atoms with Crippen LogP contribution in [0.5, 0.6) is 0 Å². The Bertz CT molecular complexity index is 3280. The highest BCUT2D eigenvalue weighted by molar-refractivity contribution is 6.31. The van der Waals surface area contributed by atoms with Crippen LogP contribution in [0.4, 0.5) is 26.3 Å². The summed E-state index contributed by atoms with van der Waals surface area (Å²) in [6, 6.07) is -1.97. The monoisotopic (exact) mass is 1440 g/mol. The van der Waals surface area contributed by atoms with E-state index in [0.29, 0.717) is 32.1 Å². The number of aryl methyl sites for hydroxylation is 1. The topological polar surface area (TPSA) is 259 Å². The number of carbonyl (C=O) groups is 11. The Labute approximate surface area is 587 Å². The van der Waals surface area contributed by atoms with Crippen molar-refractivity contribution in [1.29, 1.82) is 0 Å². The summed E-state index contributed by atoms with van der Waals surface area (Å²) in [6.07, 6.45) is -7.08. The molecular formula is C70H100ClF6N11O12. The molecule has 100 heavy (non-hydrogen) atoms. The van der Waals surface area contributed by atoms with Crippen molar-refractivity contribution in [3.05, 3.63) is 69.7 Å². The summed E-state index contributed by atoms with van der Waals surface area (Å²) in [5.41, 5.74) is -3.37. The minimum Gasteiger partial charge on any atom is -0.377 e. The van der Waals surface area contributed by atoms with Crippen molar-refractivity contribution in [2.45, 2.75) is 204 Å². The molecule has 6 rings (SSSR count). The number of amides is 11. The third-order valence-corrected chi connectivity index (χ3v) is 20.6. The second-order valence-corrected chi connectivity index (χ2v) is 28.5. The lowest BCUT2D eigenvalue weighted by atomic mass is 9.90. The van der Waals surface area contributed by atoms with Crippen LogP contribution in [0.15, 0.2) is 42.5 Å². The van der Waals surface area contributed by atoms with Gasteiger partial charge in [-0.3, -0.25) is 52.7 Å². The SMILES string of the molecule is CCO[C@@H]1C[C@H]2C(=O)NC3(CCCC3)C(=O)N(C)[C@@H](C3CCCC3)C(=O)N(C)[C@H](C)CC(=O)N(C)[C@@H](CC(C)C)C(=O)N[C@@H]([C@@H](C)CC)C(=O)N(C)CC(=O)N(C)CC(=O)N(C)[C@@H](Cc3ccc(C(F)(F)F)cc3)C(=O)N(C)CC(=O)N[C@@H](CCc3ccc(C(F)(F)F)c(Cl)c3)C(=O)N2C1. The van der Waals surface area contributed by atoms with E-state index in [1.165, 1.54) is 68.9 Å². The first-order chi connectivity index (χ1) is 46.7. The highest BCUT2D eigenvalue weighted by Gasteiger charge is 2.52. The average Bonchev–Trinajstić information content (AvgIpc) is 1.54. The fraction of sp³-hybridized carbons (Fsp3) is 0.671. The van der Waals surface area contributed by atoms with Gasteiger partial charge in [0.1, 0.15) is 41.8 Å². The molecule has 0 unspecified atom stereocenters. The number of hydrogen-bond donors (Lipinski definition) is 3. The number of halogens is 7. The Morgan fingerprint density at radius 1 is 0.640 bits per heavy atom. The molecule has 2 aliphatic heterocycles. The van der Waals surface area contributed by atoms with Gasteiger partial charge < -0.3 is 59.9 Å². The standard InChI is InChI=1S/C70H100ClF6N11O12/c1-14-42(5)59-65(97)83(9)39-57(91)81(7)40-58(92)86(12)54(35-45-22-26-47(27-23-45)69(72,73)74)64(96)82(8)38-55(89)78-51(29-25-44-24-28-49(50(71)34-44)70(75,76)77)63(95)88-37-48(100-15-2)36-53(88)62(94)80-68(30-18-19-31-68)67(99)87(13)60(46-20-16-17-21-46)66(98)84(10)43(6)33-56(90)85(11)52(32-41(3)4)61(93)79-59/h22-24,26-28,34,41-43,46,48,51-54,59-60H,14-21,25,29-33,35-40H2,1-13H3,(H,78,89)(H,79,93)(H,80,94)/t42-,43+,48+,51-,52-,53-,54-,59-,60-/m0/s1. The second-order valence-electron chi connectivity index (χ2n) is 28.1. The van der Waals surface area contributed by atoms with Crippen LogP contribution in [0.3, 0.4) is 0 Å². The zero-order valence-corrected chi connectivity index (χ0v) is 60.4. The van der Waals surface area contributed by atoms with Crippen LogP contribution in [0.25, 0.3) is 0 Å². The number of hydrogen-bond acceptors (Lipinski definition) is 12. The van der Waals surface area contributed by atoms with E-state index in [1.54, 1.807) is 27.7 Å². The molecule has 2 aromatic rings. The van der Waals surface area contributed by atoms with Crippen molar-refractivity contribution < 1.29 is 83.8 Å². The van der Waals surface area contributed by atoms with Crippen LogP contribution in [0.1, 0.15) is 147 Å². The minimum absolute atomic E-state index is 0.0909. The number of carbonyl (C=O) groups excluding carboxylic acids is 11. The summed E-state index contributed by atoms with van der Waals surface area (Å²) >= 11 is 6.14. The maximum Gasteiger partial charge on any atom is 0.417 e. The van der Waals surface area contributed by atoms with Crippen molar-refractivity contribution >= 4 is 76.6 Å². The molecule has 11 amide bonds. The molecule has 3 N–H and O–H groups in total. The average molecular weight is 1440 g/mol. The van der Waals surface area contributed by atoms with Gasteiger partial charge in [-0.25, -0.2) is 0 Å². The van der Waals surface area contributed by atoms with Crippen LogP contribution in [-0.4, -0.2) is 240 Å². The van der Waals surface area contributed by atoms with Gasteiger partial charge in [-0.05, 0) is 112 Å². The first kappa shape index (κ1) is 81.4. The number of fused-ring (bicyclic) bond motifs is 1. The van der Waals surface area contributed by atoms with Gasteiger partial charge in [-0.2, -0.15) is 26.3 Å². The van der Waals surface area contributed by atoms with Gasteiger partial charge >= 0.3 is 12.4 Å². The lowest BCUT2D eigenvalue weighted by molar-refractivity contribution is -0.153. The molecule has 2 saturated carbocycles. The van der Waals surface area contributed by atoms with Gasteiger partial charge in [0.15, 0.2) is 0 Å². The fourth-order valence-electron chi connectivity index (χ4n) is 13.9. The summed E-state index contributed by atoms with van der Waals surface area (Å²) in [7, 11) is 9.49. The van der Waals surface area contributed by atoms with Crippen molar-refractivity contribution in [3.8, 4) is 0 Å². The molecule has 0 aromatic heterocycles. The molecule has 30 heteroatoms. The normalized spacial score (nSPS) is 25.7. The van der Waals surface area contributed by atoms with Gasteiger partial charge in [0.25, 0.3) is 0 Å². The summed E-state index contributed by atoms with van der Waals surface area (Å²) < 4.78 is 89.0. The first-order valence-electron chi connectivity index (χ1n) is 34.4. The molecule has 9 atom stereocenters. The predicted octanol–water partition coefficient (Wildman–Crippen LogP) is 6.35. The highest BCUT2D eigenvalue weighted by atomic mass is 35.5. The largest absolute Gasteiger partial charge is 0.417 e. The molecule has 2 aliphatic carbocycles. The van der Waals surface area contributed by atoms with E-state index in [9.17, 15) is 59.9 Å². The molecule has 23 nitrogen and oxygen atoms in total. The molecule has 556 valence electrons. The number of nitrogens with zero attached hydrogens (tertiary/aromatic N) is 8. The van der Waals surface area contributed by atoms with Crippen molar-refractivity contribution in [3.63, 3.8) is 0 Å². The zero-order valence-electron chi connectivity index (χ0n) is 59.7. The van der Waals surface area contributed by atoms with Crippen LogP contribution < -0.4 is 16.0 Å². The molecule has 4 fully saturated rings. The lowest BCUT2D eigenvalue weighted by Crippen LogP contribution is -2.64. The highest BCUT2D eigenvalue weighted by Crippen LogP contribution is 2.39. The van der Waals surface area contributed by atoms with Crippen molar-refractivity contribution in [2.75, 3.05) is 82.1 Å². The van der Waals surface area contributed by atoms with Crippen molar-refractivity contribution in [2.24, 2.45) is 17.8 Å². The molecule has 4 aliphatic rings. The Kier molecular flexibility index (Phi) is 28.4. The molecule has 2 aromatic carbocycles. The second kappa shape index (κ2) is 34.9. The van der Waals surface area contributed by atoms with E-state index in [0.717, 1.165) is 74.9 Å². The van der Waals surface area contributed by atoms with Crippen molar-refractivity contribution in [1.82, 2.24) is 55.1 Å². The van der Waals surface area contributed by atoms with Crippen LogP contribution in [-0.2, 0) is 82.7 Å². The maximum absolute atomic E-state index is 15.5. The van der Waals surface area contributed by atoms with E-state index in [-0.39, 0.29) is 81.1 Å². The van der Waals surface area contributed by atoms with Crippen LogP contribution in [0.2, 0.25) is 5.02 Å². The van der Waals surface area contributed by atoms with Gasteiger partial charge in [0.2, 0.25) is 65.0 Å². The smallest absolute Gasteiger partial charge is 0.377 e. The molecular weight excluding hydrogens is 1340 g/mol. The molecule has 1 spiro atoms. The first-order valence-corrected chi connectivity index (χ1v) is 34.8. The Hall–Kier alpha value is -7.56. The van der Waals surface area contributed by atoms with Gasteiger partial charge in [-0.15, -0.1) is 0 Å². The van der Waals surface area contributed by atoms with E-state index in [2.05, 4.69) is 16.0 Å². The van der Waals surface area contributed by atoms with Crippen LogP contribution >= 0.6 is 11.6 Å². The van der Waals surface area contributed by atoms with Gasteiger partial charge in [-0.1, -0.05) is 89.6 Å². The van der Waals surface area contributed by atoms with E-state index in [1.807, 2.05) is 13.8 Å². The number of alkyl halides is 6. The van der Waals surface area contributed by atoms with Gasteiger partial charge in [0.05, 0.1) is 41.9 Å². The number of ether oxygens (including phenoxy) is 1. The third-order valence-electron chi connectivity index (χ3n) is 20.3. The molecule has 2 saturated heterocycles. The minimum atomic E-state index is -4.81.